The van der Waals surface area contributed by atoms with Gasteiger partial charge in [-0.2, -0.15) is 0 Å². The Bertz CT molecular complexity index is 1480. The normalized spacial score (nSPS) is 29.1. The molecule has 2 aromatic carbocycles. The molecule has 0 radical (unpaired) electrons. The van der Waals surface area contributed by atoms with Crippen LogP contribution in [0.25, 0.3) is 0 Å². The van der Waals surface area contributed by atoms with Crippen molar-refractivity contribution in [2.75, 3.05) is 37.0 Å². The second-order valence-corrected chi connectivity index (χ2v) is 17.4. The maximum Gasteiger partial charge on any atom is 0.264 e. The first-order chi connectivity index (χ1) is 22.0. The Kier molecular flexibility index (Phi) is 9.01. The Hall–Kier alpha value is -3.32. The number of rotatable bonds is 9. The van der Waals surface area contributed by atoms with Gasteiger partial charge in [-0.25, -0.2) is 0 Å². The summed E-state index contributed by atoms with van der Waals surface area (Å²) in [5, 5.41) is 16.0. The number of ether oxygens (including phenoxy) is 2. The van der Waals surface area contributed by atoms with Crippen molar-refractivity contribution < 1.29 is 33.1 Å². The van der Waals surface area contributed by atoms with Gasteiger partial charge in [0.25, 0.3) is 5.91 Å². The molecule has 3 amide bonds. The zero-order chi connectivity index (χ0) is 32.8. The minimum Gasteiger partial charge on any atom is -0.497 e. The van der Waals surface area contributed by atoms with Crippen LogP contribution in [-0.4, -0.2) is 81.1 Å². The molecular formula is C34H45FN4O6Si. The summed E-state index contributed by atoms with van der Waals surface area (Å²) in [6, 6.07) is 12.4. The van der Waals surface area contributed by atoms with Crippen molar-refractivity contribution in [1.82, 2.24) is 10.2 Å². The number of aliphatic hydroxyl groups excluding tert-OH is 1. The van der Waals surface area contributed by atoms with Crippen LogP contribution < -0.4 is 20.3 Å². The van der Waals surface area contributed by atoms with E-state index < -0.39 is 31.6 Å². The van der Waals surface area contributed by atoms with Crippen molar-refractivity contribution in [3.8, 4) is 5.75 Å². The lowest BCUT2D eigenvalue weighted by Gasteiger charge is -2.31. The number of methoxy groups -OCH3 is 1. The van der Waals surface area contributed by atoms with Crippen LogP contribution in [0.4, 0.5) is 15.5 Å². The van der Waals surface area contributed by atoms with Crippen molar-refractivity contribution in [2.45, 2.75) is 88.0 Å². The molecule has 6 rings (SSSR count). The molecule has 3 saturated heterocycles. The zero-order valence-electron chi connectivity index (χ0n) is 27.1. The maximum atomic E-state index is 16.2. The maximum absolute atomic E-state index is 16.2. The number of carbonyl (C=O) groups excluding carboxylic acids is 3. The number of aliphatic hydroxyl groups is 1. The number of likely N-dealkylation sites (tertiary alicyclic amines) is 1. The number of anilines is 2. The first-order valence-corrected chi connectivity index (χ1v) is 19.3. The second-order valence-electron chi connectivity index (χ2n) is 13.7. The summed E-state index contributed by atoms with van der Waals surface area (Å²) in [5.41, 5.74) is 0.696. The smallest absolute Gasteiger partial charge is 0.264 e. The summed E-state index contributed by atoms with van der Waals surface area (Å²) in [6.45, 7) is 6.62. The van der Waals surface area contributed by atoms with Crippen LogP contribution in [0.15, 0.2) is 42.5 Å². The van der Waals surface area contributed by atoms with Crippen LogP contribution in [0.3, 0.4) is 0 Å². The van der Waals surface area contributed by atoms with E-state index >= 15 is 4.11 Å². The molecule has 4 aliphatic heterocycles. The molecule has 46 heavy (non-hydrogen) atoms. The van der Waals surface area contributed by atoms with Crippen molar-refractivity contribution in [1.29, 1.82) is 0 Å². The van der Waals surface area contributed by atoms with Crippen LogP contribution in [-0.2, 0) is 31.3 Å². The van der Waals surface area contributed by atoms with Crippen molar-refractivity contribution in [3.63, 3.8) is 0 Å². The highest BCUT2D eigenvalue weighted by molar-refractivity contribution is 6.72. The quantitative estimate of drug-likeness (QED) is 0.276. The number of nitrogens with one attached hydrogen (secondary N) is 2. The first-order valence-electron chi connectivity index (χ1n) is 16.4. The van der Waals surface area contributed by atoms with E-state index in [2.05, 4.69) is 10.6 Å². The van der Waals surface area contributed by atoms with Crippen molar-refractivity contribution in [3.05, 3.63) is 53.6 Å². The highest BCUT2D eigenvalue weighted by Crippen LogP contribution is 2.60. The third-order valence-electron chi connectivity index (χ3n) is 10.4. The lowest BCUT2D eigenvalue weighted by molar-refractivity contribution is -0.150. The molecule has 0 saturated carbocycles. The Morgan fingerprint density at radius 2 is 1.93 bits per heavy atom. The molecule has 0 aromatic heterocycles. The number of amides is 3. The van der Waals surface area contributed by atoms with E-state index in [1.54, 1.807) is 42.1 Å². The van der Waals surface area contributed by atoms with Crippen molar-refractivity contribution in [2.24, 2.45) is 5.92 Å². The Morgan fingerprint density at radius 1 is 1.17 bits per heavy atom. The number of hydrogen-bond acceptors (Lipinski definition) is 7. The predicted octanol–water partition coefficient (Wildman–Crippen LogP) is 4.08. The first kappa shape index (κ1) is 32.6. The summed E-state index contributed by atoms with van der Waals surface area (Å²) < 4.78 is 28.5. The van der Waals surface area contributed by atoms with Gasteiger partial charge in [0.15, 0.2) is 5.60 Å². The molecule has 4 heterocycles. The van der Waals surface area contributed by atoms with E-state index in [1.165, 1.54) is 0 Å². The topological polar surface area (TPSA) is 120 Å². The van der Waals surface area contributed by atoms with Gasteiger partial charge in [0.2, 0.25) is 20.2 Å². The highest BCUT2D eigenvalue weighted by Gasteiger charge is 2.67. The molecule has 3 N–H and O–H groups in total. The fraction of sp³-hybridized carbons (Fsp3) is 0.559. The summed E-state index contributed by atoms with van der Waals surface area (Å²) in [6.07, 6.45) is 2.47. The zero-order valence-corrected chi connectivity index (χ0v) is 28.1. The molecule has 6 atom stereocenters. The average molecular weight is 653 g/mol. The van der Waals surface area contributed by atoms with E-state index in [4.69, 9.17) is 9.47 Å². The van der Waals surface area contributed by atoms with Gasteiger partial charge < -0.3 is 39.1 Å². The van der Waals surface area contributed by atoms with Gasteiger partial charge in [0.05, 0.1) is 50.6 Å². The van der Waals surface area contributed by atoms with Gasteiger partial charge in [-0.15, -0.1) is 0 Å². The van der Waals surface area contributed by atoms with E-state index in [9.17, 15) is 19.5 Å². The molecule has 0 unspecified atom stereocenters. The fourth-order valence-electron chi connectivity index (χ4n) is 8.17. The number of benzene rings is 2. The minimum atomic E-state index is -3.46. The van der Waals surface area contributed by atoms with Gasteiger partial charge in [-0.05, 0) is 81.2 Å². The van der Waals surface area contributed by atoms with Gasteiger partial charge in [-0.3, -0.25) is 14.4 Å². The fourth-order valence-corrected chi connectivity index (χ4v) is 10.7. The van der Waals surface area contributed by atoms with Gasteiger partial charge in [-0.1, -0.05) is 19.1 Å². The SMILES string of the molecule is COc1ccc2c(c1)[C@]1(O[C@@H](CC(=O)N3CCC[C@H]3CO)[C@H]([Si](C)(C)F)[C@H]1C)C(=O)N2Cc1ccc(NC(=O)[C@H]2CCCN2)cc1. The molecule has 12 heteroatoms. The third-order valence-corrected chi connectivity index (χ3v) is 12.8. The summed E-state index contributed by atoms with van der Waals surface area (Å²) in [5.74, 6) is -0.528. The van der Waals surface area contributed by atoms with E-state index in [1.807, 2.05) is 37.3 Å². The Labute approximate surface area is 270 Å². The Balaban J connectivity index is 1.29. The summed E-state index contributed by atoms with van der Waals surface area (Å²) in [7, 11) is -1.90. The largest absolute Gasteiger partial charge is 0.497 e. The minimum absolute atomic E-state index is 0.0518. The van der Waals surface area contributed by atoms with Gasteiger partial charge in [0.1, 0.15) is 5.75 Å². The van der Waals surface area contributed by atoms with Crippen LogP contribution in [0, 0.1) is 5.92 Å². The molecule has 0 bridgehead atoms. The Morgan fingerprint density at radius 3 is 2.59 bits per heavy atom. The second kappa shape index (κ2) is 12.7. The van der Waals surface area contributed by atoms with Crippen LogP contribution >= 0.6 is 0 Å². The molecule has 4 aliphatic rings. The monoisotopic (exact) mass is 652 g/mol. The molecule has 2 aromatic rings. The molecule has 3 fully saturated rings. The van der Waals surface area contributed by atoms with E-state index in [0.717, 1.165) is 37.8 Å². The molecule has 248 valence electrons. The van der Waals surface area contributed by atoms with Crippen LogP contribution in [0.2, 0.25) is 18.6 Å². The summed E-state index contributed by atoms with van der Waals surface area (Å²) in [4.78, 5) is 44.1. The van der Waals surface area contributed by atoms with Crippen molar-refractivity contribution >= 4 is 37.5 Å². The standard InChI is InChI=1S/C34H45FN4O6Si/c1-21-31(46(3,4)35)29(18-30(41)38-16-6-7-24(38)20-40)45-34(21)26-17-25(44-2)13-14-28(26)39(33(34)43)19-22-9-11-23(12-10-22)37-32(42)27-8-5-15-36-27/h9-14,17,21,24,27,29,31,36,40H,5-8,15-16,18-20H2,1-4H3,(H,37,42)/t21-,24+,27-,29+,31-,34+/m1/s1. The van der Waals surface area contributed by atoms with E-state index in [-0.39, 0.29) is 49.4 Å². The van der Waals surface area contributed by atoms with E-state index in [0.29, 0.717) is 29.2 Å². The molecule has 0 aliphatic carbocycles. The highest BCUT2D eigenvalue weighted by atomic mass is 28.4. The number of fused-ring (bicyclic) bond motifs is 2. The lowest BCUT2D eigenvalue weighted by Crippen LogP contribution is -2.45. The number of carbonyl (C=O) groups is 3. The third kappa shape index (κ3) is 5.73. The molecule has 1 spiro atoms. The van der Waals surface area contributed by atoms with Gasteiger partial charge in [0, 0.05) is 29.3 Å². The number of halogens is 1. The van der Waals surface area contributed by atoms with Crippen LogP contribution in [0.1, 0.15) is 50.2 Å². The predicted molar refractivity (Wildman–Crippen MR) is 175 cm³/mol. The lowest BCUT2D eigenvalue weighted by atomic mass is 9.82. The molecular weight excluding hydrogens is 607 g/mol. The molecule has 10 nitrogen and oxygen atoms in total. The van der Waals surface area contributed by atoms with Gasteiger partial charge >= 0.3 is 0 Å². The summed E-state index contributed by atoms with van der Waals surface area (Å²) >= 11 is 0. The average Bonchev–Trinajstić information content (AvgIpc) is 3.82. The number of hydrogen-bond donors (Lipinski definition) is 3. The number of nitrogens with zero attached hydrogens (tertiary/aromatic N) is 2. The van der Waals surface area contributed by atoms with Crippen LogP contribution in [0.5, 0.6) is 5.75 Å².